The molecule has 0 radical (unpaired) electrons. The number of rotatable bonds is 28. The topological polar surface area (TPSA) is 140 Å². The summed E-state index contributed by atoms with van der Waals surface area (Å²) >= 11 is 0. The average molecular weight is 824 g/mol. The fraction of sp³-hybridized carbons (Fsp3) is 0.489. The minimum absolute atomic E-state index is 0.0235. The lowest BCUT2D eigenvalue weighted by atomic mass is 9.98. The van der Waals surface area contributed by atoms with Crippen LogP contribution in [0.1, 0.15) is 90.7 Å². The number of aliphatic hydroxyl groups excluding tert-OH is 1. The van der Waals surface area contributed by atoms with Crippen molar-refractivity contribution in [3.05, 3.63) is 136 Å². The first-order valence-electron chi connectivity index (χ1n) is 20.4. The quantitative estimate of drug-likeness (QED) is 0.0636. The van der Waals surface area contributed by atoms with Crippen LogP contribution in [-0.4, -0.2) is 76.1 Å². The normalized spacial score (nSPS) is 21.2. The highest BCUT2D eigenvalue weighted by molar-refractivity contribution is 7.54. The van der Waals surface area contributed by atoms with Crippen LogP contribution in [-0.2, 0) is 18.6 Å². The van der Waals surface area contributed by atoms with Gasteiger partial charge in [0.2, 0.25) is 0 Å². The Labute approximate surface area is 343 Å². The summed E-state index contributed by atoms with van der Waals surface area (Å²) in [6.07, 6.45) is 31.0. The second-order valence-electron chi connectivity index (χ2n) is 14.4. The van der Waals surface area contributed by atoms with Gasteiger partial charge in [-0.2, -0.15) is 0 Å². The highest BCUT2D eigenvalue weighted by Gasteiger charge is 2.55. The molecule has 11 nitrogen and oxygen atoms in total. The zero-order valence-electron chi connectivity index (χ0n) is 34.3. The predicted octanol–water partition coefficient (Wildman–Crippen LogP) is 8.96. The molecule has 1 aromatic heterocycles. The number of ketones is 1. The summed E-state index contributed by atoms with van der Waals surface area (Å²) in [5.74, 6) is 0.540. The lowest BCUT2D eigenvalue weighted by Crippen LogP contribution is -2.43. The van der Waals surface area contributed by atoms with Gasteiger partial charge in [0, 0.05) is 25.1 Å². The Hall–Kier alpha value is -4.19. The maximum Gasteiger partial charge on any atom is 0.379 e. The van der Waals surface area contributed by atoms with Crippen molar-refractivity contribution >= 4 is 13.4 Å². The lowest BCUT2D eigenvalue weighted by molar-refractivity contribution is -0.119. The Bertz CT molecular complexity index is 1850. The van der Waals surface area contributed by atoms with Gasteiger partial charge in [0.1, 0.15) is 23.7 Å². The molecule has 2 heterocycles. The van der Waals surface area contributed by atoms with Gasteiger partial charge in [-0.3, -0.25) is 23.7 Å². The van der Waals surface area contributed by atoms with Crippen LogP contribution in [0.4, 0.5) is 4.39 Å². The van der Waals surface area contributed by atoms with Crippen molar-refractivity contribution in [2.24, 2.45) is 0 Å². The number of aromatic nitrogens is 2. The van der Waals surface area contributed by atoms with E-state index in [0.717, 1.165) is 68.7 Å². The third kappa shape index (κ3) is 18.2. The SMILES string of the molecule is CC/C=C\C/C=C\C/C=C\C/C=C\C/C=C\C/C=C\CCC(=O)CCCN(C)CCCP(=O)(OC[C@H]1OC(n2ccc(=O)[nH]c2=O)[C@](C)(F)[C@@H]1O)Oc1ccccc1. The number of nitrogens with zero attached hydrogens (tertiary/aromatic N) is 2. The molecule has 0 spiro atoms. The third-order valence-corrected chi connectivity index (χ3v) is 11.3. The number of para-hydroxylation sites is 1. The molecule has 1 fully saturated rings. The number of hydrogen-bond acceptors (Lipinski definition) is 9. The Morgan fingerprint density at radius 2 is 1.47 bits per heavy atom. The van der Waals surface area contributed by atoms with Gasteiger partial charge in [-0.1, -0.05) is 98.0 Å². The molecular formula is C45H63FN3O8P. The first-order valence-corrected chi connectivity index (χ1v) is 22.1. The van der Waals surface area contributed by atoms with E-state index < -0.39 is 49.6 Å². The molecule has 0 aliphatic carbocycles. The van der Waals surface area contributed by atoms with Crippen LogP contribution in [0.15, 0.2) is 125 Å². The number of aliphatic hydroxyl groups is 1. The predicted molar refractivity (Wildman–Crippen MR) is 230 cm³/mol. The monoisotopic (exact) mass is 823 g/mol. The second kappa shape index (κ2) is 26.7. The number of nitrogens with one attached hydrogen (secondary N) is 1. The van der Waals surface area contributed by atoms with Crippen molar-refractivity contribution in [3.8, 4) is 5.75 Å². The summed E-state index contributed by atoms with van der Waals surface area (Å²) in [6.45, 7) is 3.98. The number of ether oxygens (including phenoxy) is 1. The van der Waals surface area contributed by atoms with Crippen molar-refractivity contribution in [1.82, 2.24) is 14.5 Å². The smallest absolute Gasteiger partial charge is 0.379 e. The number of halogens is 1. The van der Waals surface area contributed by atoms with Crippen molar-refractivity contribution in [1.29, 1.82) is 0 Å². The fourth-order valence-electron chi connectivity index (χ4n) is 6.13. The summed E-state index contributed by atoms with van der Waals surface area (Å²) in [5, 5.41) is 10.8. The van der Waals surface area contributed by atoms with Gasteiger partial charge >= 0.3 is 13.3 Å². The number of allylic oxidation sites excluding steroid dienone is 12. The van der Waals surface area contributed by atoms with E-state index in [1.165, 1.54) is 0 Å². The molecule has 1 aliphatic rings. The van der Waals surface area contributed by atoms with Crippen molar-refractivity contribution in [2.75, 3.05) is 32.9 Å². The van der Waals surface area contributed by atoms with Crippen LogP contribution in [0.3, 0.4) is 0 Å². The Morgan fingerprint density at radius 3 is 2.05 bits per heavy atom. The van der Waals surface area contributed by atoms with Crippen molar-refractivity contribution in [3.63, 3.8) is 0 Å². The zero-order chi connectivity index (χ0) is 42.1. The van der Waals surface area contributed by atoms with Crippen LogP contribution in [0.25, 0.3) is 0 Å². The van der Waals surface area contributed by atoms with E-state index in [9.17, 15) is 24.1 Å². The molecule has 58 heavy (non-hydrogen) atoms. The van der Waals surface area contributed by atoms with Gasteiger partial charge in [0.05, 0.1) is 12.8 Å². The minimum Gasteiger partial charge on any atom is -0.424 e. The molecule has 0 bridgehead atoms. The van der Waals surface area contributed by atoms with Gasteiger partial charge in [-0.15, -0.1) is 0 Å². The standard InChI is InChI=1S/C45H63FN3O8P/c1-4-5-6-7-8-9-10-11-12-13-14-15-16-17-18-19-20-21-23-28-38(50)29-26-33-48(3)34-27-36-58(54,57-39-30-24-22-25-31-39)55-37-40-42(52)45(2,46)43(56-40)49-35-32-41(51)47-44(49)53/h5-6,8-9,11-12,14-15,17-18,20-22,24-25,30-32,35,40,42-43,52H,4,7,10,13,16,19,23,26-29,33-34,36-37H2,1-3H3,(H,47,51,53)/b6-5-,9-8-,12-11-,15-14-,18-17-,21-20-/t40-,42-,43?,45-,58?/m1/s1. The summed E-state index contributed by atoms with van der Waals surface area (Å²) in [5.41, 5.74) is -3.99. The summed E-state index contributed by atoms with van der Waals surface area (Å²) < 4.78 is 47.8. The molecule has 1 aliphatic heterocycles. The fourth-order valence-corrected chi connectivity index (χ4v) is 7.75. The van der Waals surface area contributed by atoms with Gasteiger partial charge < -0.3 is 19.3 Å². The Morgan fingerprint density at radius 1 is 0.897 bits per heavy atom. The Balaban J connectivity index is 1.32. The van der Waals surface area contributed by atoms with E-state index in [1.807, 2.05) is 12.0 Å². The highest BCUT2D eigenvalue weighted by atomic mass is 31.2. The molecule has 1 saturated heterocycles. The third-order valence-electron chi connectivity index (χ3n) is 9.40. The number of aromatic amines is 1. The molecule has 13 heteroatoms. The van der Waals surface area contributed by atoms with Gasteiger partial charge in [0.15, 0.2) is 11.9 Å². The maximum absolute atomic E-state index is 15.7. The van der Waals surface area contributed by atoms with E-state index in [4.69, 9.17) is 13.8 Å². The van der Waals surface area contributed by atoms with E-state index in [-0.39, 0.29) is 11.9 Å². The molecule has 1 aromatic carbocycles. The van der Waals surface area contributed by atoms with Gasteiger partial charge in [0.25, 0.3) is 5.56 Å². The molecule has 5 atom stereocenters. The molecule has 2 aromatic rings. The number of Topliss-reactive ketones (excluding diaryl/α,β-unsaturated/α-hetero) is 1. The Kier molecular flexibility index (Phi) is 22.2. The first kappa shape index (κ1) is 48.2. The number of alkyl halides is 1. The van der Waals surface area contributed by atoms with Gasteiger partial charge in [-0.25, -0.2) is 13.8 Å². The number of benzene rings is 1. The second-order valence-corrected chi connectivity index (χ2v) is 16.5. The molecule has 3 rings (SSSR count). The van der Waals surface area contributed by atoms with Crippen LogP contribution in [0.2, 0.25) is 0 Å². The number of carbonyl (C=O) groups excluding carboxylic acids is 1. The number of carbonyl (C=O) groups is 1. The molecule has 2 N–H and O–H groups in total. The van der Waals surface area contributed by atoms with E-state index in [2.05, 4.69) is 84.7 Å². The zero-order valence-corrected chi connectivity index (χ0v) is 35.2. The van der Waals surface area contributed by atoms with Gasteiger partial charge in [-0.05, 0) is 97.0 Å². The van der Waals surface area contributed by atoms with E-state index in [1.54, 1.807) is 30.3 Å². The first-order chi connectivity index (χ1) is 27.9. The molecule has 2 unspecified atom stereocenters. The highest BCUT2D eigenvalue weighted by Crippen LogP contribution is 2.50. The maximum atomic E-state index is 15.7. The molecular weight excluding hydrogens is 760 g/mol. The number of hydrogen-bond donors (Lipinski definition) is 2. The summed E-state index contributed by atoms with van der Waals surface area (Å²) in [7, 11) is -1.91. The van der Waals surface area contributed by atoms with Crippen LogP contribution in [0.5, 0.6) is 5.75 Å². The van der Waals surface area contributed by atoms with Crippen LogP contribution >= 0.6 is 7.60 Å². The van der Waals surface area contributed by atoms with E-state index in [0.29, 0.717) is 44.5 Å². The molecule has 318 valence electrons. The summed E-state index contributed by atoms with van der Waals surface area (Å²) in [6, 6.07) is 9.56. The van der Waals surface area contributed by atoms with Crippen LogP contribution < -0.4 is 15.8 Å². The van der Waals surface area contributed by atoms with E-state index >= 15 is 4.39 Å². The summed E-state index contributed by atoms with van der Waals surface area (Å²) in [4.78, 5) is 40.4. The lowest BCUT2D eigenvalue weighted by Gasteiger charge is -2.25. The van der Waals surface area contributed by atoms with Crippen molar-refractivity contribution < 1.29 is 32.6 Å². The average Bonchev–Trinajstić information content (AvgIpc) is 3.41. The number of H-pyrrole nitrogens is 1. The minimum atomic E-state index is -3.84. The van der Waals surface area contributed by atoms with Crippen LogP contribution in [0, 0.1) is 0 Å². The largest absolute Gasteiger partial charge is 0.424 e. The molecule has 0 amide bonds. The van der Waals surface area contributed by atoms with Crippen molar-refractivity contribution in [2.45, 2.75) is 109 Å². The molecule has 0 saturated carbocycles.